The summed E-state index contributed by atoms with van der Waals surface area (Å²) in [6, 6.07) is 20.1. The maximum Gasteiger partial charge on any atom is 0.165 e. The molecule has 0 radical (unpaired) electrons. The molecule has 1 saturated carbocycles. The summed E-state index contributed by atoms with van der Waals surface area (Å²) in [6.45, 7) is 2.59. The van der Waals surface area contributed by atoms with Gasteiger partial charge < -0.3 is 4.74 Å². The van der Waals surface area contributed by atoms with Gasteiger partial charge in [-0.05, 0) is 23.6 Å². The van der Waals surface area contributed by atoms with Gasteiger partial charge in [0.2, 0.25) is 0 Å². The predicted molar refractivity (Wildman–Crippen MR) is 83.9 cm³/mol. The smallest absolute Gasteiger partial charge is 0.165 e. The van der Waals surface area contributed by atoms with E-state index in [4.69, 9.17) is 4.74 Å². The van der Waals surface area contributed by atoms with E-state index in [0.717, 1.165) is 22.3 Å². The Labute approximate surface area is 125 Å². The minimum atomic E-state index is -0.0714. The molecule has 2 aromatic rings. The molecule has 0 amide bonds. The van der Waals surface area contributed by atoms with Crippen LogP contribution in [-0.4, -0.2) is 18.5 Å². The van der Waals surface area contributed by atoms with Crippen LogP contribution in [0.25, 0.3) is 5.57 Å². The predicted octanol–water partition coefficient (Wildman–Crippen LogP) is 3.87. The quantitative estimate of drug-likeness (QED) is 0.794. The van der Waals surface area contributed by atoms with Crippen LogP contribution in [0.2, 0.25) is 0 Å². The van der Waals surface area contributed by atoms with Crippen molar-refractivity contribution in [3.63, 3.8) is 0 Å². The Morgan fingerprint density at radius 2 is 1.52 bits per heavy atom. The van der Waals surface area contributed by atoms with Gasteiger partial charge in [0.05, 0.1) is 6.10 Å². The topological polar surface area (TPSA) is 26.3 Å². The lowest BCUT2D eigenvalue weighted by molar-refractivity contribution is -0.125. The summed E-state index contributed by atoms with van der Waals surface area (Å²) < 4.78 is 5.71. The lowest BCUT2D eigenvalue weighted by atomic mass is 9.78. The summed E-state index contributed by atoms with van der Waals surface area (Å²) in [7, 11) is 0. The molecule has 0 bridgehead atoms. The molecule has 0 aliphatic heterocycles. The van der Waals surface area contributed by atoms with E-state index >= 15 is 0 Å². The highest BCUT2D eigenvalue weighted by Gasteiger charge is 2.37. The molecule has 2 nitrogen and oxygen atoms in total. The van der Waals surface area contributed by atoms with Crippen molar-refractivity contribution < 1.29 is 9.53 Å². The van der Waals surface area contributed by atoms with Crippen molar-refractivity contribution in [1.82, 2.24) is 0 Å². The fourth-order valence-electron chi connectivity index (χ4n) is 2.76. The van der Waals surface area contributed by atoms with Crippen LogP contribution >= 0.6 is 0 Å². The molecule has 0 N–H and O–H groups in total. The maximum absolute atomic E-state index is 12.2. The van der Waals surface area contributed by atoms with Gasteiger partial charge in [0, 0.05) is 18.6 Å². The summed E-state index contributed by atoms with van der Waals surface area (Å²) in [6.07, 6.45) is 0.421. The van der Waals surface area contributed by atoms with Crippen molar-refractivity contribution in [2.45, 2.75) is 19.4 Å². The fraction of sp³-hybridized carbons (Fsp3) is 0.211. The van der Waals surface area contributed by atoms with E-state index in [2.05, 4.69) is 0 Å². The van der Waals surface area contributed by atoms with Crippen LogP contribution in [0, 0.1) is 0 Å². The summed E-state index contributed by atoms with van der Waals surface area (Å²) in [4.78, 5) is 12.2. The van der Waals surface area contributed by atoms with Gasteiger partial charge in [0.1, 0.15) is 0 Å². The second kappa shape index (κ2) is 6.06. The molecule has 1 atom stereocenters. The monoisotopic (exact) mass is 278 g/mol. The van der Waals surface area contributed by atoms with Gasteiger partial charge in [-0.1, -0.05) is 60.7 Å². The molecule has 0 aromatic heterocycles. The fourth-order valence-corrected chi connectivity index (χ4v) is 2.76. The lowest BCUT2D eigenvalue weighted by Gasteiger charge is -2.31. The summed E-state index contributed by atoms with van der Waals surface area (Å²) in [5, 5.41) is 0. The van der Waals surface area contributed by atoms with Crippen molar-refractivity contribution in [2.75, 3.05) is 6.61 Å². The Balaban J connectivity index is 2.15. The van der Waals surface area contributed by atoms with Gasteiger partial charge in [-0.25, -0.2) is 0 Å². The molecule has 0 saturated heterocycles. The number of ketones is 1. The van der Waals surface area contributed by atoms with E-state index in [1.165, 1.54) is 0 Å². The SMILES string of the molecule is CCOC1CC(=O)C1=C(c1ccccc1)c1ccccc1. The molecule has 1 aliphatic rings. The molecule has 106 valence electrons. The van der Waals surface area contributed by atoms with E-state index < -0.39 is 0 Å². The average molecular weight is 278 g/mol. The molecular formula is C19H18O2. The molecule has 1 fully saturated rings. The van der Waals surface area contributed by atoms with Crippen LogP contribution < -0.4 is 0 Å². The first-order chi connectivity index (χ1) is 10.3. The van der Waals surface area contributed by atoms with Crippen LogP contribution in [0.1, 0.15) is 24.5 Å². The Morgan fingerprint density at radius 1 is 1.00 bits per heavy atom. The zero-order chi connectivity index (χ0) is 14.7. The zero-order valence-electron chi connectivity index (χ0n) is 12.1. The molecule has 0 heterocycles. The number of carbonyl (C=O) groups is 1. The number of carbonyl (C=O) groups excluding carboxylic acids is 1. The number of rotatable bonds is 4. The number of benzene rings is 2. The molecule has 3 rings (SSSR count). The number of hydrogen-bond donors (Lipinski definition) is 0. The first-order valence-electron chi connectivity index (χ1n) is 7.31. The third-order valence-electron chi connectivity index (χ3n) is 3.76. The molecule has 1 aliphatic carbocycles. The van der Waals surface area contributed by atoms with Crippen molar-refractivity contribution in [2.24, 2.45) is 0 Å². The van der Waals surface area contributed by atoms with Crippen molar-refractivity contribution in [3.8, 4) is 0 Å². The van der Waals surface area contributed by atoms with E-state index in [-0.39, 0.29) is 11.9 Å². The Bertz CT molecular complexity index is 615. The molecular weight excluding hydrogens is 260 g/mol. The van der Waals surface area contributed by atoms with E-state index in [1.807, 2.05) is 67.6 Å². The Kier molecular flexibility index (Phi) is 3.98. The maximum atomic E-state index is 12.2. The van der Waals surface area contributed by atoms with Crippen LogP contribution in [0.3, 0.4) is 0 Å². The third-order valence-corrected chi connectivity index (χ3v) is 3.76. The van der Waals surface area contributed by atoms with Crippen LogP contribution in [0.4, 0.5) is 0 Å². The third kappa shape index (κ3) is 2.67. The van der Waals surface area contributed by atoms with Gasteiger partial charge in [0.25, 0.3) is 0 Å². The summed E-state index contributed by atoms with van der Waals surface area (Å²) >= 11 is 0. The molecule has 0 spiro atoms. The molecule has 21 heavy (non-hydrogen) atoms. The highest BCUT2D eigenvalue weighted by Crippen LogP contribution is 2.37. The first kappa shape index (κ1) is 13.8. The Hall–Kier alpha value is -2.19. The summed E-state index contributed by atoms with van der Waals surface area (Å²) in [5.41, 5.74) is 3.95. The lowest BCUT2D eigenvalue weighted by Crippen LogP contribution is -2.36. The number of Topliss-reactive ketones (excluding diaryl/α,β-unsaturated/α-hetero) is 1. The van der Waals surface area contributed by atoms with Gasteiger partial charge >= 0.3 is 0 Å². The van der Waals surface area contributed by atoms with Crippen molar-refractivity contribution >= 4 is 11.4 Å². The molecule has 2 aromatic carbocycles. The first-order valence-corrected chi connectivity index (χ1v) is 7.31. The molecule has 1 unspecified atom stereocenters. The second-order valence-corrected chi connectivity index (χ2v) is 5.09. The highest BCUT2D eigenvalue weighted by atomic mass is 16.5. The van der Waals surface area contributed by atoms with Gasteiger partial charge in [-0.3, -0.25) is 4.79 Å². The normalized spacial score (nSPS) is 17.5. The van der Waals surface area contributed by atoms with Crippen LogP contribution in [0.15, 0.2) is 66.2 Å². The minimum Gasteiger partial charge on any atom is -0.373 e. The van der Waals surface area contributed by atoms with Crippen molar-refractivity contribution in [1.29, 1.82) is 0 Å². The highest BCUT2D eigenvalue weighted by molar-refractivity contribution is 6.12. The second-order valence-electron chi connectivity index (χ2n) is 5.09. The largest absolute Gasteiger partial charge is 0.373 e. The van der Waals surface area contributed by atoms with Crippen LogP contribution in [-0.2, 0) is 9.53 Å². The number of hydrogen-bond acceptors (Lipinski definition) is 2. The average Bonchev–Trinajstić information content (AvgIpc) is 2.54. The standard InChI is InChI=1S/C19H18O2/c1-2-21-17-13-16(20)19(17)18(14-9-5-3-6-10-14)15-11-7-4-8-12-15/h3-12,17H,2,13H2,1H3. The van der Waals surface area contributed by atoms with E-state index in [0.29, 0.717) is 13.0 Å². The van der Waals surface area contributed by atoms with E-state index in [1.54, 1.807) is 0 Å². The van der Waals surface area contributed by atoms with E-state index in [9.17, 15) is 4.79 Å². The zero-order valence-corrected chi connectivity index (χ0v) is 12.1. The van der Waals surface area contributed by atoms with Gasteiger partial charge in [-0.15, -0.1) is 0 Å². The van der Waals surface area contributed by atoms with Crippen molar-refractivity contribution in [3.05, 3.63) is 77.4 Å². The summed E-state index contributed by atoms with van der Waals surface area (Å²) in [5.74, 6) is 0.191. The number of ether oxygens (including phenoxy) is 1. The van der Waals surface area contributed by atoms with Gasteiger partial charge in [-0.2, -0.15) is 0 Å². The van der Waals surface area contributed by atoms with Gasteiger partial charge in [0.15, 0.2) is 5.78 Å². The Morgan fingerprint density at radius 3 is 1.95 bits per heavy atom. The minimum absolute atomic E-state index is 0.0714. The van der Waals surface area contributed by atoms with Crippen LogP contribution in [0.5, 0.6) is 0 Å². The molecule has 2 heteroatoms.